The van der Waals surface area contributed by atoms with E-state index in [2.05, 4.69) is 10.2 Å². The summed E-state index contributed by atoms with van der Waals surface area (Å²) in [6, 6.07) is 0. The third kappa shape index (κ3) is 2.82. The van der Waals surface area contributed by atoms with E-state index in [0.29, 0.717) is 13.0 Å². The van der Waals surface area contributed by atoms with E-state index in [1.165, 1.54) is 0 Å². The van der Waals surface area contributed by atoms with Crippen molar-refractivity contribution in [2.45, 2.75) is 26.8 Å². The number of aryl methyl sites for hydroxylation is 1. The van der Waals surface area contributed by atoms with E-state index in [0.717, 1.165) is 5.82 Å². The highest BCUT2D eigenvalue weighted by atomic mass is 16.1. The lowest BCUT2D eigenvalue weighted by molar-refractivity contribution is -0.114. The average molecular weight is 179 g/mol. The zero-order chi connectivity index (χ0) is 9.68. The van der Waals surface area contributed by atoms with Crippen molar-refractivity contribution in [1.29, 1.82) is 0 Å². The summed E-state index contributed by atoms with van der Waals surface area (Å²) in [5, 5.41) is 7.56. The summed E-state index contributed by atoms with van der Waals surface area (Å²) in [5.41, 5.74) is 0. The minimum atomic E-state index is 0.144. The maximum Gasteiger partial charge on any atom is 0.155 e. The molecule has 0 aliphatic heterocycles. The second kappa shape index (κ2) is 4.54. The first-order valence-electron chi connectivity index (χ1n) is 4.27. The maximum absolute atomic E-state index is 10.9. The molecule has 1 aromatic rings. The van der Waals surface area contributed by atoms with Gasteiger partial charge in [0.2, 0.25) is 0 Å². The van der Waals surface area contributed by atoms with Crippen LogP contribution in [0.4, 0.5) is 0 Å². The number of carbonyl (C=O) groups excluding carboxylic acids is 1. The summed E-state index contributed by atoms with van der Waals surface area (Å²) >= 11 is 0. The van der Waals surface area contributed by atoms with E-state index in [4.69, 9.17) is 0 Å². The van der Waals surface area contributed by atoms with Crippen LogP contribution in [0.15, 0.2) is 18.5 Å². The van der Waals surface area contributed by atoms with Gasteiger partial charge in [-0.05, 0) is 13.0 Å². The fraction of sp³-hybridized carbons (Fsp3) is 0.444. The Labute approximate surface area is 77.3 Å². The molecule has 1 rings (SSSR count). The number of hydrogen-bond acceptors (Lipinski definition) is 3. The molecule has 70 valence electrons. The van der Waals surface area contributed by atoms with Crippen molar-refractivity contribution < 1.29 is 4.79 Å². The van der Waals surface area contributed by atoms with Crippen LogP contribution in [0.2, 0.25) is 0 Å². The Morgan fingerprint density at radius 3 is 3.00 bits per heavy atom. The molecule has 0 saturated heterocycles. The minimum absolute atomic E-state index is 0.144. The zero-order valence-corrected chi connectivity index (χ0v) is 7.90. The number of carbonyl (C=O) groups is 1. The van der Waals surface area contributed by atoms with E-state index in [-0.39, 0.29) is 5.78 Å². The Morgan fingerprint density at radius 1 is 1.69 bits per heavy atom. The van der Waals surface area contributed by atoms with Gasteiger partial charge < -0.3 is 4.57 Å². The Kier molecular flexibility index (Phi) is 3.37. The van der Waals surface area contributed by atoms with Crippen molar-refractivity contribution in [3.05, 3.63) is 24.3 Å². The molecule has 1 heterocycles. The molecule has 0 radical (unpaired) electrons. The van der Waals surface area contributed by atoms with Crippen LogP contribution in [-0.2, 0) is 11.3 Å². The van der Waals surface area contributed by atoms with E-state index < -0.39 is 0 Å². The first-order valence-corrected chi connectivity index (χ1v) is 4.27. The summed E-state index contributed by atoms with van der Waals surface area (Å²) in [5.74, 6) is 0.999. The zero-order valence-electron chi connectivity index (χ0n) is 7.90. The van der Waals surface area contributed by atoms with Gasteiger partial charge in [-0.1, -0.05) is 13.0 Å². The van der Waals surface area contributed by atoms with Crippen LogP contribution in [0.5, 0.6) is 0 Å². The number of rotatable bonds is 4. The molecule has 4 nitrogen and oxygen atoms in total. The first-order chi connectivity index (χ1) is 6.24. The highest BCUT2D eigenvalue weighted by Crippen LogP contribution is 1.93. The summed E-state index contributed by atoms with van der Waals surface area (Å²) in [7, 11) is 0. The van der Waals surface area contributed by atoms with E-state index >= 15 is 0 Å². The Hall–Kier alpha value is -1.45. The molecule has 0 N–H and O–H groups in total. The first kappa shape index (κ1) is 9.64. The van der Waals surface area contributed by atoms with Gasteiger partial charge in [-0.3, -0.25) is 4.79 Å². The van der Waals surface area contributed by atoms with Crippen LogP contribution in [0, 0.1) is 6.92 Å². The van der Waals surface area contributed by atoms with Crippen LogP contribution >= 0.6 is 0 Å². The van der Waals surface area contributed by atoms with Crippen molar-refractivity contribution in [3.63, 3.8) is 0 Å². The van der Waals surface area contributed by atoms with E-state index in [1.54, 1.807) is 12.4 Å². The Balaban J connectivity index is 2.48. The molecule has 0 bridgehead atoms. The molecule has 0 saturated carbocycles. The molecule has 0 aliphatic carbocycles. The van der Waals surface area contributed by atoms with E-state index in [9.17, 15) is 4.79 Å². The van der Waals surface area contributed by atoms with Gasteiger partial charge in [0.1, 0.15) is 12.2 Å². The summed E-state index contributed by atoms with van der Waals surface area (Å²) in [6.45, 7) is 4.38. The normalized spacial score (nSPS) is 10.9. The fourth-order valence-corrected chi connectivity index (χ4v) is 0.908. The third-order valence-corrected chi connectivity index (χ3v) is 1.76. The monoisotopic (exact) mass is 179 g/mol. The van der Waals surface area contributed by atoms with Crippen molar-refractivity contribution in [2.75, 3.05) is 0 Å². The van der Waals surface area contributed by atoms with Gasteiger partial charge in [0.25, 0.3) is 0 Å². The number of allylic oxidation sites excluding steroid dienone is 2. The third-order valence-electron chi connectivity index (χ3n) is 1.76. The summed E-state index contributed by atoms with van der Waals surface area (Å²) in [4.78, 5) is 10.9. The molecule has 0 aromatic carbocycles. The summed E-state index contributed by atoms with van der Waals surface area (Å²) in [6.07, 6.45) is 5.62. The second-order valence-corrected chi connectivity index (χ2v) is 2.75. The van der Waals surface area contributed by atoms with Gasteiger partial charge in [0.05, 0.1) is 0 Å². The molecule has 0 amide bonds. The van der Waals surface area contributed by atoms with Crippen molar-refractivity contribution in [3.8, 4) is 0 Å². The lowest BCUT2D eigenvalue weighted by Gasteiger charge is -1.96. The predicted octanol–water partition coefficient (Wildman–Crippen LogP) is 1.12. The molecule has 0 fully saturated rings. The molecular weight excluding hydrogens is 166 g/mol. The standard InChI is InChI=1S/C9H13N3O/c1-3-9(13)5-4-6-12-7-10-11-8(12)2/h4-5,7H,3,6H2,1-2H3/b5-4+. The number of ketones is 1. The highest BCUT2D eigenvalue weighted by Gasteiger charge is 1.94. The lowest BCUT2D eigenvalue weighted by Crippen LogP contribution is -1.97. The maximum atomic E-state index is 10.9. The quantitative estimate of drug-likeness (QED) is 0.651. The van der Waals surface area contributed by atoms with Crippen LogP contribution in [0.3, 0.4) is 0 Å². The fourth-order valence-electron chi connectivity index (χ4n) is 0.908. The smallest absolute Gasteiger partial charge is 0.155 e. The lowest BCUT2D eigenvalue weighted by atomic mass is 10.3. The highest BCUT2D eigenvalue weighted by molar-refractivity contribution is 5.89. The van der Waals surface area contributed by atoms with Crippen LogP contribution < -0.4 is 0 Å². The Morgan fingerprint density at radius 2 is 2.46 bits per heavy atom. The molecule has 0 aliphatic rings. The number of nitrogens with zero attached hydrogens (tertiary/aromatic N) is 3. The van der Waals surface area contributed by atoms with Crippen molar-refractivity contribution in [2.24, 2.45) is 0 Å². The second-order valence-electron chi connectivity index (χ2n) is 2.75. The van der Waals surface area contributed by atoms with Crippen molar-refractivity contribution >= 4 is 5.78 Å². The van der Waals surface area contributed by atoms with Gasteiger partial charge in [0, 0.05) is 13.0 Å². The predicted molar refractivity (Wildman–Crippen MR) is 49.2 cm³/mol. The van der Waals surface area contributed by atoms with Gasteiger partial charge in [-0.2, -0.15) is 0 Å². The van der Waals surface area contributed by atoms with Crippen LogP contribution in [0.25, 0.3) is 0 Å². The van der Waals surface area contributed by atoms with Crippen molar-refractivity contribution in [1.82, 2.24) is 14.8 Å². The number of hydrogen-bond donors (Lipinski definition) is 0. The molecule has 4 heteroatoms. The molecule has 1 aromatic heterocycles. The number of aromatic nitrogens is 3. The van der Waals surface area contributed by atoms with Gasteiger partial charge in [-0.25, -0.2) is 0 Å². The largest absolute Gasteiger partial charge is 0.314 e. The molecular formula is C9H13N3O. The average Bonchev–Trinajstić information content (AvgIpc) is 2.52. The molecule has 0 unspecified atom stereocenters. The molecule has 0 spiro atoms. The van der Waals surface area contributed by atoms with Crippen LogP contribution in [0.1, 0.15) is 19.2 Å². The molecule has 13 heavy (non-hydrogen) atoms. The summed E-state index contributed by atoms with van der Waals surface area (Å²) < 4.78 is 1.87. The Bertz CT molecular complexity index is 314. The van der Waals surface area contributed by atoms with Gasteiger partial charge in [0.15, 0.2) is 5.78 Å². The van der Waals surface area contributed by atoms with E-state index in [1.807, 2.05) is 24.5 Å². The SMILES string of the molecule is CCC(=O)/C=C/Cn1cnnc1C. The van der Waals surface area contributed by atoms with Crippen LogP contribution in [-0.4, -0.2) is 20.5 Å². The molecule has 0 atom stereocenters. The minimum Gasteiger partial charge on any atom is -0.314 e. The van der Waals surface area contributed by atoms with Gasteiger partial charge in [-0.15, -0.1) is 10.2 Å². The van der Waals surface area contributed by atoms with Gasteiger partial charge >= 0.3 is 0 Å². The topological polar surface area (TPSA) is 47.8 Å².